The van der Waals surface area contributed by atoms with Crippen molar-refractivity contribution in [3.8, 4) is 0 Å². The summed E-state index contributed by atoms with van der Waals surface area (Å²) in [7, 11) is 0. The third kappa shape index (κ3) is 2.41. The van der Waals surface area contributed by atoms with Crippen LogP contribution in [0.25, 0.3) is 0 Å². The zero-order valence-corrected chi connectivity index (χ0v) is 10.3. The van der Waals surface area contributed by atoms with Gasteiger partial charge in [0.1, 0.15) is 0 Å². The third-order valence-corrected chi connectivity index (χ3v) is 3.48. The maximum atomic E-state index is 4.36. The lowest BCUT2D eigenvalue weighted by Crippen LogP contribution is -2.33. The molecular formula is C13H17N5. The number of H-pyrrole nitrogens is 1. The van der Waals surface area contributed by atoms with Gasteiger partial charge in [-0.25, -0.2) is 0 Å². The summed E-state index contributed by atoms with van der Waals surface area (Å²) in [6.07, 6.45) is 10.9. The van der Waals surface area contributed by atoms with Crippen LogP contribution >= 0.6 is 0 Å². The topological polar surface area (TPSA) is 57.7 Å². The molecule has 0 bridgehead atoms. The molecule has 5 nitrogen and oxygen atoms in total. The molecule has 3 heterocycles. The van der Waals surface area contributed by atoms with Crippen LogP contribution in [0.4, 0.5) is 0 Å². The Morgan fingerprint density at radius 2 is 2.28 bits per heavy atom. The van der Waals surface area contributed by atoms with Crippen molar-refractivity contribution in [2.24, 2.45) is 0 Å². The highest BCUT2D eigenvalue weighted by atomic mass is 15.2. The van der Waals surface area contributed by atoms with Crippen LogP contribution in [0.5, 0.6) is 0 Å². The van der Waals surface area contributed by atoms with Gasteiger partial charge in [0.15, 0.2) is 0 Å². The summed E-state index contributed by atoms with van der Waals surface area (Å²) in [5, 5.41) is 7.15. The van der Waals surface area contributed by atoms with Crippen LogP contribution in [0, 0.1) is 0 Å². The number of hydrogen-bond acceptors (Lipinski definition) is 4. The number of nitrogens with one attached hydrogen (secondary N) is 1. The average Bonchev–Trinajstić information content (AvgIpc) is 2.94. The fourth-order valence-electron chi connectivity index (χ4n) is 2.60. The van der Waals surface area contributed by atoms with E-state index in [1.165, 1.54) is 25.0 Å². The van der Waals surface area contributed by atoms with Gasteiger partial charge >= 0.3 is 0 Å². The molecule has 1 unspecified atom stereocenters. The Morgan fingerprint density at radius 1 is 1.28 bits per heavy atom. The van der Waals surface area contributed by atoms with Crippen molar-refractivity contribution in [3.63, 3.8) is 0 Å². The van der Waals surface area contributed by atoms with Crippen molar-refractivity contribution in [3.05, 3.63) is 42.2 Å². The van der Waals surface area contributed by atoms with E-state index >= 15 is 0 Å². The summed E-state index contributed by atoms with van der Waals surface area (Å²) < 4.78 is 0. The van der Waals surface area contributed by atoms with Crippen LogP contribution in [-0.4, -0.2) is 31.6 Å². The molecule has 94 valence electrons. The van der Waals surface area contributed by atoms with Gasteiger partial charge in [-0.2, -0.15) is 5.10 Å². The first-order chi connectivity index (χ1) is 8.93. The first kappa shape index (κ1) is 11.3. The van der Waals surface area contributed by atoms with Crippen molar-refractivity contribution in [1.29, 1.82) is 0 Å². The zero-order chi connectivity index (χ0) is 12.2. The van der Waals surface area contributed by atoms with Gasteiger partial charge in [0.2, 0.25) is 0 Å². The normalized spacial score (nSPS) is 21.0. The van der Waals surface area contributed by atoms with Crippen molar-refractivity contribution in [2.45, 2.75) is 31.8 Å². The minimum atomic E-state index is 0.434. The van der Waals surface area contributed by atoms with Gasteiger partial charge in [0, 0.05) is 31.3 Å². The molecule has 0 saturated carbocycles. The van der Waals surface area contributed by atoms with E-state index in [-0.39, 0.29) is 0 Å². The Hall–Kier alpha value is -1.75. The smallest absolute Gasteiger partial charge is 0.0727 e. The van der Waals surface area contributed by atoms with Gasteiger partial charge in [0.25, 0.3) is 0 Å². The molecule has 2 aromatic heterocycles. The minimum Gasteiger partial charge on any atom is -0.289 e. The first-order valence-electron chi connectivity index (χ1n) is 6.42. The van der Waals surface area contributed by atoms with Crippen molar-refractivity contribution in [1.82, 2.24) is 25.1 Å². The number of aromatic amines is 1. The number of hydrogen-bond donors (Lipinski definition) is 1. The van der Waals surface area contributed by atoms with Crippen LogP contribution < -0.4 is 0 Å². The number of rotatable bonds is 3. The summed E-state index contributed by atoms with van der Waals surface area (Å²) in [4.78, 5) is 10.9. The fourth-order valence-corrected chi connectivity index (χ4v) is 2.60. The highest BCUT2D eigenvalue weighted by molar-refractivity contribution is 5.07. The second-order valence-corrected chi connectivity index (χ2v) is 4.69. The molecule has 1 aliphatic rings. The van der Waals surface area contributed by atoms with Crippen LogP contribution in [0.1, 0.15) is 36.7 Å². The van der Waals surface area contributed by atoms with Crippen LogP contribution in [0.15, 0.2) is 30.9 Å². The molecule has 1 aliphatic heterocycles. The Bertz CT molecular complexity index is 467. The van der Waals surface area contributed by atoms with Gasteiger partial charge in [-0.15, -0.1) is 0 Å². The van der Waals surface area contributed by atoms with E-state index in [2.05, 4.69) is 31.1 Å². The second kappa shape index (κ2) is 5.27. The monoisotopic (exact) mass is 243 g/mol. The molecule has 1 fully saturated rings. The Morgan fingerprint density at radius 3 is 3.06 bits per heavy atom. The lowest BCUT2D eigenvalue weighted by atomic mass is 9.99. The van der Waals surface area contributed by atoms with E-state index in [0.717, 1.165) is 18.8 Å². The van der Waals surface area contributed by atoms with Crippen LogP contribution in [0.2, 0.25) is 0 Å². The predicted octanol–water partition coefficient (Wildman–Crippen LogP) is 1.93. The van der Waals surface area contributed by atoms with Gasteiger partial charge in [-0.3, -0.25) is 20.0 Å². The van der Waals surface area contributed by atoms with E-state index in [1.54, 1.807) is 12.4 Å². The van der Waals surface area contributed by atoms with Gasteiger partial charge < -0.3 is 0 Å². The molecule has 5 heteroatoms. The number of aromatic nitrogens is 4. The number of piperidine rings is 1. The fraction of sp³-hybridized carbons (Fsp3) is 0.462. The lowest BCUT2D eigenvalue weighted by molar-refractivity contribution is 0.135. The third-order valence-electron chi connectivity index (χ3n) is 3.48. The largest absolute Gasteiger partial charge is 0.289 e. The van der Waals surface area contributed by atoms with E-state index in [0.29, 0.717) is 6.04 Å². The molecule has 1 atom stereocenters. The maximum absolute atomic E-state index is 4.36. The summed E-state index contributed by atoms with van der Waals surface area (Å²) in [6, 6.07) is 2.50. The number of nitrogens with zero attached hydrogens (tertiary/aromatic N) is 4. The Kier molecular flexibility index (Phi) is 3.32. The zero-order valence-electron chi connectivity index (χ0n) is 10.3. The van der Waals surface area contributed by atoms with Crippen molar-refractivity contribution >= 4 is 0 Å². The summed E-state index contributed by atoms with van der Waals surface area (Å²) in [5.74, 6) is 0. The van der Waals surface area contributed by atoms with E-state index in [4.69, 9.17) is 0 Å². The van der Waals surface area contributed by atoms with Crippen molar-refractivity contribution < 1.29 is 0 Å². The molecule has 18 heavy (non-hydrogen) atoms. The second-order valence-electron chi connectivity index (χ2n) is 4.69. The van der Waals surface area contributed by atoms with Gasteiger partial charge in [-0.05, 0) is 25.5 Å². The van der Waals surface area contributed by atoms with Crippen LogP contribution in [-0.2, 0) is 6.54 Å². The molecular weight excluding hydrogens is 226 g/mol. The van der Waals surface area contributed by atoms with Gasteiger partial charge in [0.05, 0.1) is 17.4 Å². The SMILES string of the molecule is c1cnc(CN2CCCCC2c2ccn[nH]2)cn1. The highest BCUT2D eigenvalue weighted by Gasteiger charge is 2.25. The minimum absolute atomic E-state index is 0.434. The molecule has 0 aliphatic carbocycles. The quantitative estimate of drug-likeness (QED) is 0.895. The highest BCUT2D eigenvalue weighted by Crippen LogP contribution is 2.30. The lowest BCUT2D eigenvalue weighted by Gasteiger charge is -2.34. The standard InChI is InChI=1S/C13H17N5/c1-2-8-18(10-11-9-14-6-7-15-11)13(3-1)12-4-5-16-17-12/h4-7,9,13H,1-3,8,10H2,(H,16,17). The molecule has 2 aromatic rings. The van der Waals surface area contributed by atoms with Gasteiger partial charge in [-0.1, -0.05) is 6.42 Å². The predicted molar refractivity (Wildman–Crippen MR) is 67.6 cm³/mol. The molecule has 1 saturated heterocycles. The van der Waals surface area contributed by atoms with Crippen LogP contribution in [0.3, 0.4) is 0 Å². The first-order valence-corrected chi connectivity index (χ1v) is 6.42. The summed E-state index contributed by atoms with van der Waals surface area (Å²) >= 11 is 0. The van der Waals surface area contributed by atoms with E-state index in [9.17, 15) is 0 Å². The number of likely N-dealkylation sites (tertiary alicyclic amines) is 1. The molecule has 0 spiro atoms. The molecule has 0 amide bonds. The summed E-state index contributed by atoms with van der Waals surface area (Å²) in [6.45, 7) is 1.97. The van der Waals surface area contributed by atoms with E-state index < -0.39 is 0 Å². The summed E-state index contributed by atoms with van der Waals surface area (Å²) in [5.41, 5.74) is 2.24. The average molecular weight is 243 g/mol. The van der Waals surface area contributed by atoms with E-state index in [1.807, 2.05) is 12.4 Å². The maximum Gasteiger partial charge on any atom is 0.0727 e. The Balaban J connectivity index is 1.76. The molecule has 3 rings (SSSR count). The molecule has 0 aromatic carbocycles. The van der Waals surface area contributed by atoms with Crippen molar-refractivity contribution in [2.75, 3.05) is 6.54 Å². The Labute approximate surface area is 106 Å². The molecule has 1 N–H and O–H groups in total. The molecule has 0 radical (unpaired) electrons.